The van der Waals surface area contributed by atoms with Crippen molar-refractivity contribution in [1.82, 2.24) is 10.4 Å². The molecule has 0 aromatic heterocycles. The highest BCUT2D eigenvalue weighted by Crippen LogP contribution is 2.41. The summed E-state index contributed by atoms with van der Waals surface area (Å²) < 4.78 is 5.43. The molecule has 3 N–H and O–H groups in total. The summed E-state index contributed by atoms with van der Waals surface area (Å²) in [6, 6.07) is -0.389. The van der Waals surface area contributed by atoms with Gasteiger partial charge >= 0.3 is 6.09 Å². The number of amidine groups is 1. The minimum atomic E-state index is -0.551. The second kappa shape index (κ2) is 5.60. The summed E-state index contributed by atoms with van der Waals surface area (Å²) in [6.45, 7) is 6.12. The number of amides is 1. The minimum absolute atomic E-state index is 0.00902. The van der Waals surface area contributed by atoms with Crippen molar-refractivity contribution in [2.24, 2.45) is 11.8 Å². The van der Waals surface area contributed by atoms with Crippen molar-refractivity contribution >= 4 is 11.9 Å². The lowest BCUT2D eigenvalue weighted by Gasteiger charge is -2.31. The first kappa shape index (κ1) is 15.1. The van der Waals surface area contributed by atoms with E-state index in [4.69, 9.17) is 15.4 Å². The third-order valence-electron chi connectivity index (χ3n) is 4.18. The molecule has 1 heterocycles. The van der Waals surface area contributed by atoms with Gasteiger partial charge in [0.05, 0.1) is 6.04 Å². The van der Waals surface area contributed by atoms with Crippen LogP contribution in [-0.2, 0) is 4.74 Å². The van der Waals surface area contributed by atoms with E-state index in [0.717, 1.165) is 19.3 Å². The van der Waals surface area contributed by atoms with Crippen LogP contribution in [0, 0.1) is 17.2 Å². The van der Waals surface area contributed by atoms with Crippen molar-refractivity contribution < 1.29 is 14.7 Å². The third kappa shape index (κ3) is 3.06. The van der Waals surface area contributed by atoms with Gasteiger partial charge in [0.15, 0.2) is 0 Å². The Hall–Kier alpha value is -1.30. The van der Waals surface area contributed by atoms with E-state index in [2.05, 4.69) is 0 Å². The molecular weight excluding hydrogens is 258 g/mol. The van der Waals surface area contributed by atoms with Crippen LogP contribution in [0.3, 0.4) is 0 Å². The van der Waals surface area contributed by atoms with E-state index in [1.807, 2.05) is 26.3 Å². The van der Waals surface area contributed by atoms with Crippen LogP contribution in [0.1, 0.15) is 46.5 Å². The number of hydrogen-bond acceptors (Lipinski definition) is 4. The van der Waals surface area contributed by atoms with Gasteiger partial charge in [-0.1, -0.05) is 12.8 Å². The standard InChI is InChI=1S/C14H25N3O3/c1-14(2,3)20-13(18)17-8-9-6-4-5-7-10(9)11(17)12(15)16-19/h9-11,19H,4-8H2,1-3H3,(H2,15,16). The van der Waals surface area contributed by atoms with Gasteiger partial charge in [0.2, 0.25) is 0 Å². The lowest BCUT2D eigenvalue weighted by Crippen LogP contribution is -2.49. The maximum Gasteiger partial charge on any atom is 0.410 e. The van der Waals surface area contributed by atoms with Crippen molar-refractivity contribution in [3.05, 3.63) is 0 Å². The number of carbonyl (C=O) groups excluding carboxylic acids is 1. The number of hydrogen-bond donors (Lipinski definition) is 3. The molecule has 0 radical (unpaired) electrons. The molecule has 20 heavy (non-hydrogen) atoms. The van der Waals surface area contributed by atoms with Gasteiger partial charge in [-0.15, -0.1) is 0 Å². The summed E-state index contributed by atoms with van der Waals surface area (Å²) in [7, 11) is 0. The molecule has 3 atom stereocenters. The van der Waals surface area contributed by atoms with E-state index in [-0.39, 0.29) is 17.8 Å². The number of fused-ring (bicyclic) bond motifs is 1. The molecule has 3 unspecified atom stereocenters. The Kier molecular flexibility index (Phi) is 4.22. The molecule has 0 bridgehead atoms. The third-order valence-corrected chi connectivity index (χ3v) is 4.18. The van der Waals surface area contributed by atoms with Gasteiger partial charge < -0.3 is 4.74 Å². The van der Waals surface area contributed by atoms with Crippen molar-refractivity contribution in [2.45, 2.75) is 58.1 Å². The van der Waals surface area contributed by atoms with E-state index in [1.165, 1.54) is 6.42 Å². The number of likely N-dealkylation sites (tertiary alicyclic amines) is 1. The van der Waals surface area contributed by atoms with E-state index in [0.29, 0.717) is 12.5 Å². The first-order chi connectivity index (χ1) is 9.33. The van der Waals surface area contributed by atoms with Gasteiger partial charge in [-0.3, -0.25) is 21.0 Å². The highest BCUT2D eigenvalue weighted by molar-refractivity contribution is 5.88. The Bertz CT molecular complexity index is 392. The van der Waals surface area contributed by atoms with Crippen LogP contribution in [0.2, 0.25) is 0 Å². The molecule has 1 aliphatic heterocycles. The lowest BCUT2D eigenvalue weighted by atomic mass is 9.78. The number of rotatable bonds is 1. The molecule has 1 aliphatic carbocycles. The number of nitrogens with zero attached hydrogens (tertiary/aromatic N) is 1. The first-order valence-electron chi connectivity index (χ1n) is 7.31. The van der Waals surface area contributed by atoms with Crippen molar-refractivity contribution in [2.75, 3.05) is 6.54 Å². The van der Waals surface area contributed by atoms with Crippen LogP contribution in [0.25, 0.3) is 0 Å². The zero-order chi connectivity index (χ0) is 14.9. The topological polar surface area (TPSA) is 85.7 Å². The average Bonchev–Trinajstić information content (AvgIpc) is 2.75. The largest absolute Gasteiger partial charge is 0.444 e. The predicted octanol–water partition coefficient (Wildman–Crippen LogP) is 2.37. The van der Waals surface area contributed by atoms with Crippen molar-refractivity contribution in [3.8, 4) is 0 Å². The van der Waals surface area contributed by atoms with E-state index in [9.17, 15) is 4.79 Å². The minimum Gasteiger partial charge on any atom is -0.444 e. The molecule has 0 spiro atoms. The molecule has 0 aromatic carbocycles. The molecule has 0 aromatic rings. The average molecular weight is 283 g/mol. The highest BCUT2D eigenvalue weighted by atomic mass is 16.6. The van der Waals surface area contributed by atoms with Gasteiger partial charge in [-0.2, -0.15) is 0 Å². The predicted molar refractivity (Wildman–Crippen MR) is 74.8 cm³/mol. The Labute approximate surface area is 119 Å². The van der Waals surface area contributed by atoms with E-state index >= 15 is 0 Å². The summed E-state index contributed by atoms with van der Waals surface area (Å²) in [6.07, 6.45) is 3.99. The van der Waals surface area contributed by atoms with Gasteiger partial charge in [0.25, 0.3) is 0 Å². The summed E-state index contributed by atoms with van der Waals surface area (Å²) >= 11 is 0. The normalized spacial score (nSPS) is 29.8. The summed E-state index contributed by atoms with van der Waals surface area (Å²) in [5.41, 5.74) is 1.37. The lowest BCUT2D eigenvalue weighted by molar-refractivity contribution is 0.0244. The second-order valence-corrected chi connectivity index (χ2v) is 6.81. The molecule has 6 nitrogen and oxygen atoms in total. The summed E-state index contributed by atoms with van der Waals surface area (Å²) in [5, 5.41) is 17.0. The fraction of sp³-hybridized carbons (Fsp3) is 0.857. The van der Waals surface area contributed by atoms with Gasteiger partial charge in [0.1, 0.15) is 11.4 Å². The fourth-order valence-corrected chi connectivity index (χ4v) is 3.42. The maximum atomic E-state index is 12.3. The van der Waals surface area contributed by atoms with Crippen LogP contribution >= 0.6 is 0 Å². The molecule has 1 saturated carbocycles. The number of carbonyl (C=O) groups is 1. The Balaban J connectivity index is 2.17. The molecule has 2 aliphatic rings. The van der Waals surface area contributed by atoms with Crippen LogP contribution in [0.15, 0.2) is 0 Å². The molecular formula is C14H25N3O3. The van der Waals surface area contributed by atoms with Crippen molar-refractivity contribution in [1.29, 1.82) is 5.41 Å². The van der Waals surface area contributed by atoms with Gasteiger partial charge in [-0.05, 0) is 45.4 Å². The number of hydroxylamine groups is 1. The van der Waals surface area contributed by atoms with Crippen LogP contribution in [0.4, 0.5) is 4.79 Å². The summed E-state index contributed by atoms with van der Waals surface area (Å²) in [5.74, 6) is 0.656. The zero-order valence-electron chi connectivity index (χ0n) is 12.5. The smallest absolute Gasteiger partial charge is 0.410 e. The monoisotopic (exact) mass is 283 g/mol. The van der Waals surface area contributed by atoms with Gasteiger partial charge in [-0.25, -0.2) is 4.79 Å². The zero-order valence-corrected chi connectivity index (χ0v) is 12.5. The second-order valence-electron chi connectivity index (χ2n) is 6.81. The number of ether oxygens (including phenoxy) is 1. The van der Waals surface area contributed by atoms with Crippen molar-refractivity contribution in [3.63, 3.8) is 0 Å². The first-order valence-corrected chi connectivity index (χ1v) is 7.31. The van der Waals surface area contributed by atoms with E-state index < -0.39 is 11.7 Å². The SMILES string of the molecule is CC(C)(C)OC(=O)N1CC2CCCCC2C1C(=N)NO. The molecule has 114 valence electrons. The highest BCUT2D eigenvalue weighted by Gasteiger charge is 2.47. The molecule has 1 saturated heterocycles. The number of nitrogens with one attached hydrogen (secondary N) is 2. The Morgan fingerprint density at radius 3 is 2.60 bits per heavy atom. The van der Waals surface area contributed by atoms with E-state index in [1.54, 1.807) is 4.90 Å². The maximum absolute atomic E-state index is 12.3. The Morgan fingerprint density at radius 1 is 1.35 bits per heavy atom. The fourth-order valence-electron chi connectivity index (χ4n) is 3.42. The van der Waals surface area contributed by atoms with Crippen LogP contribution in [-0.4, -0.2) is 40.2 Å². The molecule has 1 amide bonds. The Morgan fingerprint density at radius 2 is 2.00 bits per heavy atom. The summed E-state index contributed by atoms with van der Waals surface area (Å²) in [4.78, 5) is 13.9. The molecule has 2 fully saturated rings. The molecule has 2 rings (SSSR count). The van der Waals surface area contributed by atoms with Crippen LogP contribution < -0.4 is 5.48 Å². The molecule has 6 heteroatoms. The quantitative estimate of drug-likeness (QED) is 0.392. The van der Waals surface area contributed by atoms with Crippen LogP contribution in [0.5, 0.6) is 0 Å². The van der Waals surface area contributed by atoms with Gasteiger partial charge in [0, 0.05) is 6.54 Å².